The molecule has 0 bridgehead atoms. The van der Waals surface area contributed by atoms with Gasteiger partial charge in [0.05, 0.1) is 5.92 Å². The van der Waals surface area contributed by atoms with Crippen molar-refractivity contribution in [3.05, 3.63) is 59.9 Å². The van der Waals surface area contributed by atoms with Gasteiger partial charge in [-0.05, 0) is 24.1 Å². The van der Waals surface area contributed by atoms with E-state index in [0.717, 1.165) is 5.56 Å². The van der Waals surface area contributed by atoms with Crippen LogP contribution in [0.3, 0.4) is 0 Å². The van der Waals surface area contributed by atoms with Crippen molar-refractivity contribution in [1.82, 2.24) is 10.2 Å². The quantitative estimate of drug-likeness (QED) is 0.934. The molecule has 1 fully saturated rings. The SMILES string of the molecule is C[C@H](C(=O)N1CCNC(=O)CC1)c1ccc(-c2ccccc2)c(F)c1. The van der Waals surface area contributed by atoms with Crippen LogP contribution in [0, 0.1) is 5.82 Å². The van der Waals surface area contributed by atoms with Crippen LogP contribution >= 0.6 is 0 Å². The number of carbonyl (C=O) groups excluding carboxylic acids is 2. The van der Waals surface area contributed by atoms with Crippen LogP contribution in [0.1, 0.15) is 24.8 Å². The van der Waals surface area contributed by atoms with E-state index in [2.05, 4.69) is 5.32 Å². The first kappa shape index (κ1) is 17.1. The normalized spacial score (nSPS) is 16.1. The van der Waals surface area contributed by atoms with Crippen molar-refractivity contribution in [1.29, 1.82) is 0 Å². The maximum absolute atomic E-state index is 14.5. The lowest BCUT2D eigenvalue weighted by Crippen LogP contribution is -2.36. The molecule has 0 unspecified atom stereocenters. The smallest absolute Gasteiger partial charge is 0.229 e. The molecule has 1 aliphatic rings. The zero-order valence-corrected chi connectivity index (χ0v) is 14.2. The lowest BCUT2D eigenvalue weighted by molar-refractivity contribution is -0.132. The summed E-state index contributed by atoms with van der Waals surface area (Å²) in [4.78, 5) is 25.8. The van der Waals surface area contributed by atoms with Crippen molar-refractivity contribution < 1.29 is 14.0 Å². The number of hydrogen-bond donors (Lipinski definition) is 1. The van der Waals surface area contributed by atoms with E-state index in [-0.39, 0.29) is 17.6 Å². The molecule has 4 nitrogen and oxygen atoms in total. The summed E-state index contributed by atoms with van der Waals surface area (Å²) < 4.78 is 14.5. The van der Waals surface area contributed by atoms with E-state index in [1.54, 1.807) is 24.0 Å². The largest absolute Gasteiger partial charge is 0.354 e. The minimum Gasteiger partial charge on any atom is -0.354 e. The first-order chi connectivity index (χ1) is 12.1. The second-order valence-corrected chi connectivity index (χ2v) is 6.25. The fraction of sp³-hybridized carbons (Fsp3) is 0.300. The van der Waals surface area contributed by atoms with Crippen molar-refractivity contribution in [3.63, 3.8) is 0 Å². The molecule has 0 aliphatic carbocycles. The molecule has 1 aliphatic heterocycles. The van der Waals surface area contributed by atoms with Gasteiger partial charge in [-0.25, -0.2) is 4.39 Å². The monoisotopic (exact) mass is 340 g/mol. The lowest BCUT2D eigenvalue weighted by Gasteiger charge is -2.24. The van der Waals surface area contributed by atoms with Crippen molar-refractivity contribution in [2.24, 2.45) is 0 Å². The van der Waals surface area contributed by atoms with Gasteiger partial charge in [0.1, 0.15) is 5.82 Å². The average molecular weight is 340 g/mol. The maximum Gasteiger partial charge on any atom is 0.229 e. The third kappa shape index (κ3) is 3.87. The molecule has 2 aromatic rings. The summed E-state index contributed by atoms with van der Waals surface area (Å²) >= 11 is 0. The molecule has 2 amide bonds. The van der Waals surface area contributed by atoms with Crippen LogP contribution in [0.4, 0.5) is 4.39 Å². The van der Waals surface area contributed by atoms with Crippen LogP contribution in [0.2, 0.25) is 0 Å². The number of benzene rings is 2. The predicted octanol–water partition coefficient (Wildman–Crippen LogP) is 2.94. The van der Waals surface area contributed by atoms with Gasteiger partial charge in [-0.1, -0.05) is 42.5 Å². The van der Waals surface area contributed by atoms with Crippen LogP contribution in [0.25, 0.3) is 11.1 Å². The molecule has 3 rings (SSSR count). The third-order valence-corrected chi connectivity index (χ3v) is 4.57. The number of amides is 2. The molecule has 2 aromatic carbocycles. The van der Waals surface area contributed by atoms with Crippen molar-refractivity contribution in [2.45, 2.75) is 19.3 Å². The van der Waals surface area contributed by atoms with E-state index in [0.29, 0.717) is 37.2 Å². The highest BCUT2D eigenvalue weighted by Crippen LogP contribution is 2.27. The fourth-order valence-corrected chi connectivity index (χ4v) is 3.06. The number of halogens is 1. The summed E-state index contributed by atoms with van der Waals surface area (Å²) in [6.07, 6.45) is 0.305. The first-order valence-electron chi connectivity index (χ1n) is 8.46. The molecule has 130 valence electrons. The van der Waals surface area contributed by atoms with E-state index in [4.69, 9.17) is 0 Å². The Balaban J connectivity index is 1.78. The topological polar surface area (TPSA) is 49.4 Å². The Bertz CT molecular complexity index is 777. The molecule has 1 N–H and O–H groups in total. The van der Waals surface area contributed by atoms with Gasteiger partial charge >= 0.3 is 0 Å². The molecule has 0 saturated carbocycles. The van der Waals surface area contributed by atoms with Gasteiger partial charge in [0.25, 0.3) is 0 Å². The maximum atomic E-state index is 14.5. The molecular weight excluding hydrogens is 319 g/mol. The Morgan fingerprint density at radius 2 is 1.92 bits per heavy atom. The Kier molecular flexibility index (Phi) is 5.12. The van der Waals surface area contributed by atoms with Gasteiger partial charge in [-0.3, -0.25) is 9.59 Å². The summed E-state index contributed by atoms with van der Waals surface area (Å²) in [5.74, 6) is -0.909. The summed E-state index contributed by atoms with van der Waals surface area (Å²) in [6, 6.07) is 14.3. The van der Waals surface area contributed by atoms with Gasteiger partial charge in [0.15, 0.2) is 0 Å². The summed E-state index contributed by atoms with van der Waals surface area (Å²) in [5, 5.41) is 2.75. The number of nitrogens with one attached hydrogen (secondary N) is 1. The van der Waals surface area contributed by atoms with E-state index in [1.807, 2.05) is 30.3 Å². The third-order valence-electron chi connectivity index (χ3n) is 4.57. The average Bonchev–Trinajstić information content (AvgIpc) is 2.85. The van der Waals surface area contributed by atoms with Crippen LogP contribution < -0.4 is 5.32 Å². The number of rotatable bonds is 3. The second-order valence-electron chi connectivity index (χ2n) is 6.25. The minimum absolute atomic E-state index is 0.0405. The van der Waals surface area contributed by atoms with E-state index >= 15 is 0 Å². The van der Waals surface area contributed by atoms with Crippen LogP contribution in [-0.4, -0.2) is 36.3 Å². The second kappa shape index (κ2) is 7.47. The molecule has 1 atom stereocenters. The zero-order chi connectivity index (χ0) is 17.8. The molecule has 1 saturated heterocycles. The Morgan fingerprint density at radius 3 is 2.64 bits per heavy atom. The highest BCUT2D eigenvalue weighted by molar-refractivity contribution is 5.85. The Hall–Kier alpha value is -2.69. The molecular formula is C20H21FN2O2. The first-order valence-corrected chi connectivity index (χ1v) is 8.46. The molecule has 25 heavy (non-hydrogen) atoms. The van der Waals surface area contributed by atoms with E-state index in [1.165, 1.54) is 6.07 Å². The summed E-state index contributed by atoms with van der Waals surface area (Å²) in [7, 11) is 0. The van der Waals surface area contributed by atoms with Crippen LogP contribution in [0.5, 0.6) is 0 Å². The molecule has 0 aromatic heterocycles. The molecule has 1 heterocycles. The molecule has 5 heteroatoms. The van der Waals surface area contributed by atoms with Crippen molar-refractivity contribution in [2.75, 3.05) is 19.6 Å². The number of nitrogens with zero attached hydrogens (tertiary/aromatic N) is 1. The lowest BCUT2D eigenvalue weighted by atomic mass is 9.96. The summed E-state index contributed by atoms with van der Waals surface area (Å²) in [5.41, 5.74) is 1.97. The Labute approximate surface area is 146 Å². The Morgan fingerprint density at radius 1 is 1.16 bits per heavy atom. The van der Waals surface area contributed by atoms with E-state index in [9.17, 15) is 14.0 Å². The fourth-order valence-electron chi connectivity index (χ4n) is 3.06. The molecule has 0 spiro atoms. The van der Waals surface area contributed by atoms with Gasteiger partial charge in [0, 0.05) is 31.6 Å². The van der Waals surface area contributed by atoms with Crippen molar-refractivity contribution >= 4 is 11.8 Å². The minimum atomic E-state index is -0.451. The molecule has 0 radical (unpaired) electrons. The standard InChI is InChI=1S/C20H21FN2O2/c1-14(20(25)23-11-9-19(24)22-10-12-23)16-7-8-17(18(21)13-16)15-5-3-2-4-6-15/h2-8,13-14H,9-12H2,1H3,(H,22,24)/t14-/m0/s1. The van der Waals surface area contributed by atoms with Gasteiger partial charge in [-0.2, -0.15) is 0 Å². The van der Waals surface area contributed by atoms with Crippen LogP contribution in [-0.2, 0) is 9.59 Å². The van der Waals surface area contributed by atoms with Gasteiger partial charge in [0.2, 0.25) is 11.8 Å². The number of carbonyl (C=O) groups is 2. The van der Waals surface area contributed by atoms with Gasteiger partial charge < -0.3 is 10.2 Å². The van der Waals surface area contributed by atoms with E-state index < -0.39 is 5.92 Å². The zero-order valence-electron chi connectivity index (χ0n) is 14.2. The highest BCUT2D eigenvalue weighted by atomic mass is 19.1. The highest BCUT2D eigenvalue weighted by Gasteiger charge is 2.24. The summed E-state index contributed by atoms with van der Waals surface area (Å²) in [6.45, 7) is 3.12. The predicted molar refractivity (Wildman–Crippen MR) is 94.5 cm³/mol. The number of hydrogen-bond acceptors (Lipinski definition) is 2. The van der Waals surface area contributed by atoms with Gasteiger partial charge in [-0.15, -0.1) is 0 Å². The van der Waals surface area contributed by atoms with Crippen LogP contribution in [0.15, 0.2) is 48.5 Å². The van der Waals surface area contributed by atoms with Crippen molar-refractivity contribution in [3.8, 4) is 11.1 Å².